The van der Waals surface area contributed by atoms with E-state index in [2.05, 4.69) is 21.1 Å². The Morgan fingerprint density at radius 3 is 2.83 bits per heavy atom. The molecule has 0 atom stereocenters. The standard InChI is InChI=1S/C2H2N3O/c3-2-1-4-6-5-2/h(H2,3,5). The zero-order chi connectivity index (χ0) is 4.41. The first-order chi connectivity index (χ1) is 2.89. The van der Waals surface area contributed by atoms with E-state index in [0.29, 0.717) is 0 Å². The molecule has 1 heterocycles. The number of hydrogen-bond donors (Lipinski definition) is 1. The number of rotatable bonds is 0. The van der Waals surface area contributed by atoms with Crippen LogP contribution < -0.4 is 5.73 Å². The van der Waals surface area contributed by atoms with E-state index in [9.17, 15) is 0 Å². The lowest BCUT2D eigenvalue weighted by molar-refractivity contribution is 0.308. The summed E-state index contributed by atoms with van der Waals surface area (Å²) >= 11 is 0. The van der Waals surface area contributed by atoms with E-state index in [1.54, 1.807) is 0 Å². The minimum atomic E-state index is 0.190. The third-order valence-corrected chi connectivity index (χ3v) is 0.340. The Bertz CT molecular complexity index is 112. The van der Waals surface area contributed by atoms with E-state index in [4.69, 9.17) is 5.73 Å². The summed E-state index contributed by atoms with van der Waals surface area (Å²) in [4.78, 5) is 0. The molecule has 0 saturated carbocycles. The van der Waals surface area contributed by atoms with Gasteiger partial charge < -0.3 is 5.73 Å². The Balaban J connectivity index is 3.05. The molecule has 4 nitrogen and oxygen atoms in total. The van der Waals surface area contributed by atoms with Gasteiger partial charge in [-0.1, -0.05) is 0 Å². The van der Waals surface area contributed by atoms with E-state index in [-0.39, 0.29) is 5.82 Å². The number of anilines is 1. The van der Waals surface area contributed by atoms with E-state index < -0.39 is 0 Å². The molecule has 0 saturated heterocycles. The lowest BCUT2D eigenvalue weighted by Gasteiger charge is -1.60. The molecule has 2 N–H and O–H groups in total. The van der Waals surface area contributed by atoms with Crippen molar-refractivity contribution >= 4 is 5.82 Å². The number of aromatic nitrogens is 2. The zero-order valence-electron chi connectivity index (χ0n) is 2.88. The Kier molecular flexibility index (Phi) is 0.506. The third kappa shape index (κ3) is 0.314. The van der Waals surface area contributed by atoms with Crippen molar-refractivity contribution in [1.82, 2.24) is 10.3 Å². The second-order valence-corrected chi connectivity index (χ2v) is 0.761. The van der Waals surface area contributed by atoms with Gasteiger partial charge in [-0.15, -0.1) is 0 Å². The topological polar surface area (TPSA) is 64.9 Å². The molecule has 0 bridgehead atoms. The van der Waals surface area contributed by atoms with Crippen molar-refractivity contribution < 1.29 is 4.63 Å². The van der Waals surface area contributed by atoms with Crippen molar-refractivity contribution in [3.63, 3.8) is 0 Å². The zero-order valence-corrected chi connectivity index (χ0v) is 2.88. The van der Waals surface area contributed by atoms with Crippen LogP contribution in [0.5, 0.6) is 0 Å². The van der Waals surface area contributed by atoms with E-state index in [1.807, 2.05) is 0 Å². The number of hydrogen-bond acceptors (Lipinski definition) is 4. The van der Waals surface area contributed by atoms with Gasteiger partial charge in [0.05, 0.1) is 0 Å². The number of nitrogens with zero attached hydrogens (tertiary/aromatic N) is 2. The van der Waals surface area contributed by atoms with Gasteiger partial charge in [0.15, 0.2) is 12.0 Å². The fourth-order valence-electron chi connectivity index (χ4n) is 0.152. The predicted molar refractivity (Wildman–Crippen MR) is 17.5 cm³/mol. The highest BCUT2D eigenvalue weighted by Gasteiger charge is 1.82. The fraction of sp³-hybridized carbons (Fsp3) is 0. The molecule has 1 radical (unpaired) electrons. The van der Waals surface area contributed by atoms with Gasteiger partial charge in [0.2, 0.25) is 0 Å². The lowest BCUT2D eigenvalue weighted by Crippen LogP contribution is -1.80. The van der Waals surface area contributed by atoms with Crippen molar-refractivity contribution in [2.75, 3.05) is 5.73 Å². The van der Waals surface area contributed by atoms with E-state index in [1.165, 1.54) is 0 Å². The quantitative estimate of drug-likeness (QED) is 0.458. The van der Waals surface area contributed by atoms with Crippen molar-refractivity contribution in [2.45, 2.75) is 0 Å². The summed E-state index contributed by atoms with van der Waals surface area (Å²) in [7, 11) is 0. The molecule has 0 aliphatic rings. The van der Waals surface area contributed by atoms with Gasteiger partial charge in [0.1, 0.15) is 0 Å². The molecular weight excluding hydrogens is 82.0 g/mol. The second kappa shape index (κ2) is 0.965. The number of nitrogens with two attached hydrogens (primary N) is 1. The Labute approximate surface area is 33.9 Å². The highest BCUT2D eigenvalue weighted by atomic mass is 16.6. The van der Waals surface area contributed by atoms with Crippen LogP contribution in [0, 0.1) is 6.20 Å². The molecule has 0 spiro atoms. The Morgan fingerprint density at radius 1 is 1.83 bits per heavy atom. The molecule has 0 aromatic carbocycles. The fourth-order valence-corrected chi connectivity index (χ4v) is 0.152. The molecule has 6 heavy (non-hydrogen) atoms. The maximum atomic E-state index is 4.95. The third-order valence-electron chi connectivity index (χ3n) is 0.340. The first-order valence-electron chi connectivity index (χ1n) is 1.35. The van der Waals surface area contributed by atoms with Crippen molar-refractivity contribution in [1.29, 1.82) is 0 Å². The lowest BCUT2D eigenvalue weighted by atomic mass is 10.8. The number of nitrogen functional groups attached to an aromatic ring is 1. The maximum absolute atomic E-state index is 4.95. The summed E-state index contributed by atoms with van der Waals surface area (Å²) in [5, 5.41) is 6.24. The molecule has 1 rings (SSSR count). The minimum Gasteiger partial charge on any atom is -0.379 e. The first-order valence-corrected chi connectivity index (χ1v) is 1.35. The highest BCUT2D eigenvalue weighted by molar-refractivity contribution is 5.15. The van der Waals surface area contributed by atoms with Gasteiger partial charge in [-0.25, -0.2) is 4.63 Å². The van der Waals surface area contributed by atoms with Crippen LogP contribution in [-0.4, -0.2) is 10.3 Å². The maximum Gasteiger partial charge on any atom is 0.198 e. The summed E-state index contributed by atoms with van der Waals surface area (Å²) in [5.74, 6) is 0.190. The summed E-state index contributed by atoms with van der Waals surface area (Å²) < 4.78 is 4.03. The van der Waals surface area contributed by atoms with Crippen LogP contribution in [-0.2, 0) is 0 Å². The smallest absolute Gasteiger partial charge is 0.198 e. The van der Waals surface area contributed by atoms with Crippen LogP contribution in [0.3, 0.4) is 0 Å². The van der Waals surface area contributed by atoms with Crippen molar-refractivity contribution in [2.24, 2.45) is 0 Å². The largest absolute Gasteiger partial charge is 0.379 e. The average molecular weight is 84.1 g/mol. The van der Waals surface area contributed by atoms with Crippen molar-refractivity contribution in [3.05, 3.63) is 6.20 Å². The van der Waals surface area contributed by atoms with Crippen molar-refractivity contribution in [3.8, 4) is 0 Å². The predicted octanol–water partition coefficient (Wildman–Crippen LogP) is -0.548. The molecular formula is C2H2N3O. The average Bonchev–Trinajstić information content (AvgIpc) is 1.86. The molecule has 1 aromatic rings. The van der Waals surface area contributed by atoms with Gasteiger partial charge in [0.25, 0.3) is 0 Å². The second-order valence-electron chi connectivity index (χ2n) is 0.761. The van der Waals surface area contributed by atoms with Crippen LogP contribution in [0.4, 0.5) is 5.82 Å². The minimum absolute atomic E-state index is 0.190. The van der Waals surface area contributed by atoms with E-state index >= 15 is 0 Å². The normalized spacial score (nSPS) is 8.67. The molecule has 0 fully saturated rings. The summed E-state index contributed by atoms with van der Waals surface area (Å²) in [6.45, 7) is 0. The van der Waals surface area contributed by atoms with Crippen LogP contribution in [0.15, 0.2) is 4.63 Å². The molecule has 0 amide bonds. The monoisotopic (exact) mass is 84.0 g/mol. The van der Waals surface area contributed by atoms with Gasteiger partial charge in [0, 0.05) is 0 Å². The van der Waals surface area contributed by atoms with E-state index in [0.717, 1.165) is 0 Å². The van der Waals surface area contributed by atoms with Crippen LogP contribution >= 0.6 is 0 Å². The van der Waals surface area contributed by atoms with Crippen LogP contribution in [0.1, 0.15) is 0 Å². The molecule has 0 aliphatic heterocycles. The van der Waals surface area contributed by atoms with Crippen LogP contribution in [0.2, 0.25) is 0 Å². The highest BCUT2D eigenvalue weighted by Crippen LogP contribution is 1.83. The van der Waals surface area contributed by atoms with Gasteiger partial charge in [-0.05, 0) is 10.3 Å². The summed E-state index contributed by atoms with van der Waals surface area (Å²) in [6, 6.07) is 0. The molecule has 0 aliphatic carbocycles. The Morgan fingerprint density at radius 2 is 2.67 bits per heavy atom. The first kappa shape index (κ1) is 3.14. The summed E-state index contributed by atoms with van der Waals surface area (Å²) in [6.07, 6.45) is 2.25. The summed E-state index contributed by atoms with van der Waals surface area (Å²) in [5.41, 5.74) is 4.95. The SMILES string of the molecule is Nc1[c]non1. The van der Waals surface area contributed by atoms with Crippen LogP contribution in [0.25, 0.3) is 0 Å². The molecule has 0 unspecified atom stereocenters. The molecule has 31 valence electrons. The Hall–Kier alpha value is -1.06. The van der Waals surface area contributed by atoms with Gasteiger partial charge in [-0.3, -0.25) is 0 Å². The molecule has 4 heteroatoms. The van der Waals surface area contributed by atoms with Gasteiger partial charge in [-0.2, -0.15) is 0 Å². The molecule has 1 aromatic heterocycles. The van der Waals surface area contributed by atoms with Gasteiger partial charge >= 0.3 is 0 Å².